The van der Waals surface area contributed by atoms with Crippen molar-refractivity contribution in [2.75, 3.05) is 25.0 Å². The fourth-order valence-corrected chi connectivity index (χ4v) is 3.68. The highest BCUT2D eigenvalue weighted by Crippen LogP contribution is 2.29. The number of benzene rings is 1. The average molecular weight is 322 g/mol. The molecule has 2 aliphatic heterocycles. The van der Waals surface area contributed by atoms with Crippen molar-refractivity contribution in [3.63, 3.8) is 0 Å². The molecule has 0 bridgehead atoms. The predicted molar refractivity (Wildman–Crippen MR) is 89.8 cm³/mol. The smallest absolute Gasteiger partial charge is 0.141 e. The van der Waals surface area contributed by atoms with E-state index in [1.807, 2.05) is 26.0 Å². The molecule has 5 heteroatoms. The third kappa shape index (κ3) is 3.78. The molecule has 23 heavy (non-hydrogen) atoms. The molecule has 0 radical (unpaired) electrons. The van der Waals surface area contributed by atoms with Gasteiger partial charge in [-0.15, -0.1) is 0 Å². The molecule has 2 saturated heterocycles. The standard InChI is InChI=1S/C18H27FN2O2/c1-12-3-4-17(22)15(11-12)20-14-5-8-21(9-6-14)16-7-10-23-13(2)18(16)19/h3-4,11,13-14,16,18,20,22H,5-10H2,1-2H3. The zero-order chi connectivity index (χ0) is 16.4. The van der Waals surface area contributed by atoms with Gasteiger partial charge in [0.15, 0.2) is 0 Å². The number of halogens is 1. The topological polar surface area (TPSA) is 44.7 Å². The number of aryl methyl sites for hydroxylation is 1. The van der Waals surface area contributed by atoms with E-state index in [-0.39, 0.29) is 12.1 Å². The number of nitrogens with zero attached hydrogens (tertiary/aromatic N) is 1. The Labute approximate surface area is 137 Å². The minimum atomic E-state index is -0.894. The van der Waals surface area contributed by atoms with E-state index in [0.717, 1.165) is 43.6 Å². The van der Waals surface area contributed by atoms with Crippen LogP contribution in [-0.2, 0) is 4.74 Å². The molecular weight excluding hydrogens is 295 g/mol. The van der Waals surface area contributed by atoms with Crippen LogP contribution in [0.5, 0.6) is 5.75 Å². The number of anilines is 1. The molecule has 2 fully saturated rings. The zero-order valence-electron chi connectivity index (χ0n) is 14.0. The lowest BCUT2D eigenvalue weighted by Gasteiger charge is -2.42. The van der Waals surface area contributed by atoms with Gasteiger partial charge in [-0.3, -0.25) is 4.90 Å². The number of phenolic OH excluding ortho intramolecular Hbond substituents is 1. The second-order valence-corrected chi connectivity index (χ2v) is 6.85. The number of hydrogen-bond acceptors (Lipinski definition) is 4. The molecule has 0 aliphatic carbocycles. The fourth-order valence-electron chi connectivity index (χ4n) is 3.68. The molecule has 3 atom stereocenters. The van der Waals surface area contributed by atoms with Gasteiger partial charge < -0.3 is 15.2 Å². The molecule has 1 aromatic rings. The quantitative estimate of drug-likeness (QED) is 0.840. The van der Waals surface area contributed by atoms with Crippen LogP contribution >= 0.6 is 0 Å². The lowest BCUT2D eigenvalue weighted by Crippen LogP contribution is -2.53. The van der Waals surface area contributed by atoms with Crippen LogP contribution in [0.2, 0.25) is 0 Å². The second-order valence-electron chi connectivity index (χ2n) is 6.85. The molecule has 2 heterocycles. The summed E-state index contributed by atoms with van der Waals surface area (Å²) in [5, 5.41) is 13.4. The van der Waals surface area contributed by atoms with Crippen LogP contribution in [-0.4, -0.2) is 54.1 Å². The number of rotatable bonds is 3. The van der Waals surface area contributed by atoms with E-state index < -0.39 is 6.17 Å². The van der Waals surface area contributed by atoms with Crippen LogP contribution in [0.15, 0.2) is 18.2 Å². The fraction of sp³-hybridized carbons (Fsp3) is 0.667. The highest BCUT2D eigenvalue weighted by Gasteiger charge is 2.36. The van der Waals surface area contributed by atoms with Crippen molar-refractivity contribution >= 4 is 5.69 Å². The Kier molecular flexibility index (Phi) is 5.07. The number of alkyl halides is 1. The molecule has 4 nitrogen and oxygen atoms in total. The van der Waals surface area contributed by atoms with Crippen LogP contribution in [0, 0.1) is 6.92 Å². The minimum Gasteiger partial charge on any atom is -0.506 e. The molecule has 2 N–H and O–H groups in total. The lowest BCUT2D eigenvalue weighted by atomic mass is 9.96. The molecule has 3 unspecified atom stereocenters. The Bertz CT molecular complexity index is 532. The van der Waals surface area contributed by atoms with Gasteiger partial charge >= 0.3 is 0 Å². The van der Waals surface area contributed by atoms with E-state index in [1.165, 1.54) is 0 Å². The lowest BCUT2D eigenvalue weighted by molar-refractivity contribution is -0.0797. The summed E-state index contributed by atoms with van der Waals surface area (Å²) >= 11 is 0. The first-order chi connectivity index (χ1) is 11.0. The summed E-state index contributed by atoms with van der Waals surface area (Å²) in [7, 11) is 0. The Morgan fingerprint density at radius 3 is 2.74 bits per heavy atom. The largest absolute Gasteiger partial charge is 0.506 e. The molecule has 2 aliphatic rings. The third-order valence-corrected chi connectivity index (χ3v) is 5.12. The predicted octanol–water partition coefficient (Wildman–Crippen LogP) is 3.09. The Hall–Kier alpha value is -1.33. The summed E-state index contributed by atoms with van der Waals surface area (Å²) in [6.07, 6.45) is 1.52. The van der Waals surface area contributed by atoms with E-state index in [9.17, 15) is 9.50 Å². The maximum absolute atomic E-state index is 14.4. The summed E-state index contributed by atoms with van der Waals surface area (Å²) in [6, 6.07) is 5.92. The van der Waals surface area contributed by atoms with Crippen LogP contribution in [0.3, 0.4) is 0 Å². The molecule has 3 rings (SSSR count). The summed E-state index contributed by atoms with van der Waals surface area (Å²) in [5.41, 5.74) is 1.92. The molecule has 0 aromatic heterocycles. The number of piperidine rings is 1. The van der Waals surface area contributed by atoms with Gasteiger partial charge in [0.1, 0.15) is 11.9 Å². The SMILES string of the molecule is Cc1ccc(O)c(NC2CCN(C3CCOC(C)C3F)CC2)c1. The minimum absolute atomic E-state index is 0.00734. The van der Waals surface area contributed by atoms with Crippen molar-refractivity contribution in [1.82, 2.24) is 4.90 Å². The van der Waals surface area contributed by atoms with E-state index >= 15 is 0 Å². The van der Waals surface area contributed by atoms with Crippen LogP contribution in [0.25, 0.3) is 0 Å². The van der Waals surface area contributed by atoms with Crippen LogP contribution in [0.1, 0.15) is 31.7 Å². The van der Waals surface area contributed by atoms with Gasteiger partial charge in [0.25, 0.3) is 0 Å². The second kappa shape index (κ2) is 7.05. The maximum atomic E-state index is 14.4. The van der Waals surface area contributed by atoms with Crippen molar-refractivity contribution in [2.24, 2.45) is 0 Å². The first kappa shape index (κ1) is 16.5. The van der Waals surface area contributed by atoms with Gasteiger partial charge in [-0.25, -0.2) is 4.39 Å². The number of hydrogen-bond donors (Lipinski definition) is 2. The zero-order valence-corrected chi connectivity index (χ0v) is 14.0. The van der Waals surface area contributed by atoms with Gasteiger partial charge in [0, 0.05) is 31.8 Å². The van der Waals surface area contributed by atoms with Gasteiger partial charge in [-0.2, -0.15) is 0 Å². The number of aromatic hydroxyl groups is 1. The Balaban J connectivity index is 1.55. The van der Waals surface area contributed by atoms with Gasteiger partial charge in [0.2, 0.25) is 0 Å². The molecular formula is C18H27FN2O2. The third-order valence-electron chi connectivity index (χ3n) is 5.12. The van der Waals surface area contributed by atoms with Crippen molar-refractivity contribution in [3.8, 4) is 5.75 Å². The summed E-state index contributed by atoms with van der Waals surface area (Å²) in [5.74, 6) is 0.292. The first-order valence-electron chi connectivity index (χ1n) is 8.60. The Morgan fingerprint density at radius 1 is 1.26 bits per heavy atom. The van der Waals surface area contributed by atoms with Crippen molar-refractivity contribution in [3.05, 3.63) is 23.8 Å². The van der Waals surface area contributed by atoms with E-state index in [4.69, 9.17) is 4.74 Å². The summed E-state index contributed by atoms with van der Waals surface area (Å²) in [4.78, 5) is 2.28. The first-order valence-corrected chi connectivity index (χ1v) is 8.60. The molecule has 0 spiro atoms. The van der Waals surface area contributed by atoms with E-state index in [0.29, 0.717) is 18.4 Å². The van der Waals surface area contributed by atoms with Crippen molar-refractivity contribution in [1.29, 1.82) is 0 Å². The van der Waals surface area contributed by atoms with E-state index in [2.05, 4.69) is 10.2 Å². The Morgan fingerprint density at radius 2 is 2.00 bits per heavy atom. The van der Waals surface area contributed by atoms with Gasteiger partial charge in [-0.1, -0.05) is 6.07 Å². The normalized spacial score (nSPS) is 30.3. The summed E-state index contributed by atoms with van der Waals surface area (Å²) in [6.45, 7) is 6.28. The number of ether oxygens (including phenoxy) is 1. The monoisotopic (exact) mass is 322 g/mol. The highest BCUT2D eigenvalue weighted by atomic mass is 19.1. The average Bonchev–Trinajstić information content (AvgIpc) is 2.54. The molecule has 0 saturated carbocycles. The van der Waals surface area contributed by atoms with Gasteiger partial charge in [0.05, 0.1) is 11.8 Å². The van der Waals surface area contributed by atoms with Crippen LogP contribution in [0.4, 0.5) is 10.1 Å². The van der Waals surface area contributed by atoms with Crippen molar-refractivity contribution < 1.29 is 14.2 Å². The molecule has 1 aromatic carbocycles. The van der Waals surface area contributed by atoms with Crippen molar-refractivity contribution in [2.45, 2.75) is 57.5 Å². The molecule has 128 valence electrons. The molecule has 0 amide bonds. The number of nitrogens with one attached hydrogen (secondary N) is 1. The number of likely N-dealkylation sites (tertiary alicyclic amines) is 1. The van der Waals surface area contributed by atoms with E-state index in [1.54, 1.807) is 6.07 Å². The number of phenols is 1. The summed E-state index contributed by atoms with van der Waals surface area (Å²) < 4.78 is 19.7. The highest BCUT2D eigenvalue weighted by molar-refractivity contribution is 5.57. The maximum Gasteiger partial charge on any atom is 0.141 e. The van der Waals surface area contributed by atoms with Crippen LogP contribution < -0.4 is 5.32 Å². The van der Waals surface area contributed by atoms with Gasteiger partial charge in [-0.05, 0) is 50.8 Å².